The third-order valence-electron chi connectivity index (χ3n) is 0.516. The Balaban J connectivity index is -0.0000000376. The van der Waals surface area contributed by atoms with Crippen LogP contribution in [0.4, 0.5) is 0 Å². The minimum atomic E-state index is -1.13. The molecule has 0 N–H and O–H groups in total. The second kappa shape index (κ2) is 33.4. The van der Waals surface area contributed by atoms with E-state index in [-0.39, 0.29) is 69.1 Å². The van der Waals surface area contributed by atoms with Crippen LogP contribution in [0.5, 0.6) is 0 Å². The van der Waals surface area contributed by atoms with E-state index in [0.717, 1.165) is 0 Å². The Morgan fingerprint density at radius 1 is 0.500 bits per heavy atom. The first kappa shape index (κ1) is 38.4. The Morgan fingerprint density at radius 3 is 0.545 bits per heavy atom. The third-order valence-corrected chi connectivity index (χ3v) is 1.55. The summed E-state index contributed by atoms with van der Waals surface area (Å²) in [6.45, 7) is 0. The van der Waals surface area contributed by atoms with E-state index in [9.17, 15) is 39.6 Å². The summed E-state index contributed by atoms with van der Waals surface area (Å²) in [5.74, 6) is -5.30. The first-order valence-corrected chi connectivity index (χ1v) is 6.84. The summed E-state index contributed by atoms with van der Waals surface area (Å²) >= 11 is 13.4. The van der Waals surface area contributed by atoms with Crippen LogP contribution in [0.1, 0.15) is 0 Å². The average Bonchev–Trinajstić information content (AvgIpc) is 2.40. The van der Waals surface area contributed by atoms with Crippen LogP contribution < -0.4 is 20.4 Å². The zero-order valence-corrected chi connectivity index (χ0v) is 17.7. The summed E-state index contributed by atoms with van der Waals surface area (Å²) in [5, 5.41) is 36.7. The summed E-state index contributed by atoms with van der Waals surface area (Å²) in [5.41, 5.74) is 0. The molecule has 0 aliphatic rings. The van der Waals surface area contributed by atoms with Crippen LogP contribution in [0.15, 0.2) is 0 Å². The molecule has 120 valence electrons. The molecule has 0 unspecified atom stereocenters. The number of carboxylic acids is 4. The van der Waals surface area contributed by atoms with Gasteiger partial charge in [-0.25, -0.2) is 0 Å². The molecule has 14 heteroatoms. The number of carbonyl (C=O) groups is 4. The van der Waals surface area contributed by atoms with E-state index in [1.807, 2.05) is 0 Å². The predicted molar refractivity (Wildman–Crippen MR) is 86.9 cm³/mol. The third kappa shape index (κ3) is 105. The Bertz CT molecular complexity index is 237. The molecule has 0 heterocycles. The maximum absolute atomic E-state index is 9.18. The molecule has 0 saturated carbocycles. The van der Waals surface area contributed by atoms with Gasteiger partial charge in [-0.15, -0.1) is 0 Å². The first-order valence-electron chi connectivity index (χ1n) is 4.31. The molecule has 0 bridgehead atoms. The molecular weight excluding hydrogens is 401 g/mol. The number of hydrogen-bond donors (Lipinski definition) is 4. The second-order valence-electron chi connectivity index (χ2n) is 2.12. The van der Waals surface area contributed by atoms with E-state index in [1.54, 1.807) is 0 Å². The van der Waals surface area contributed by atoms with Crippen molar-refractivity contribution in [2.75, 3.05) is 23.0 Å². The van der Waals surface area contributed by atoms with Crippen molar-refractivity contribution in [2.45, 2.75) is 0 Å². The SMILES string of the molecule is O=C([O-])CS.O=C([O-])CS.O=C([O-])CS.O=C([O-])CS.[Mg+2].[Mg+2]. The molecule has 0 atom stereocenters. The van der Waals surface area contributed by atoms with Crippen molar-refractivity contribution in [3.63, 3.8) is 0 Å². The van der Waals surface area contributed by atoms with Gasteiger partial charge in [0.15, 0.2) is 0 Å². The van der Waals surface area contributed by atoms with Crippen molar-refractivity contribution in [2.24, 2.45) is 0 Å². The summed E-state index contributed by atoms with van der Waals surface area (Å²) in [4.78, 5) is 36.7. The number of carbonyl (C=O) groups excluding carboxylic acids is 4. The van der Waals surface area contributed by atoms with Gasteiger partial charge in [0.25, 0.3) is 0 Å². The fraction of sp³-hybridized carbons (Fsp3) is 0.500. The number of aliphatic carboxylic acids is 4. The summed E-state index contributed by atoms with van der Waals surface area (Å²) in [6.07, 6.45) is 0. The van der Waals surface area contributed by atoms with E-state index in [2.05, 4.69) is 50.5 Å². The Hall–Kier alpha value is 0.812. The number of thiol groups is 4. The van der Waals surface area contributed by atoms with Crippen molar-refractivity contribution >= 4 is 120 Å². The largest absolute Gasteiger partial charge is 2.00 e. The van der Waals surface area contributed by atoms with Crippen LogP contribution in [0.25, 0.3) is 0 Å². The minimum Gasteiger partial charge on any atom is -0.549 e. The summed E-state index contributed by atoms with van der Waals surface area (Å²) in [6, 6.07) is 0. The molecule has 0 spiro atoms. The molecule has 0 aliphatic heterocycles. The molecule has 0 amide bonds. The molecule has 0 rings (SSSR count). The van der Waals surface area contributed by atoms with Gasteiger partial charge in [0, 0.05) is 23.0 Å². The minimum absolute atomic E-state index is 0. The van der Waals surface area contributed by atoms with Crippen molar-refractivity contribution in [1.82, 2.24) is 0 Å². The topological polar surface area (TPSA) is 161 Å². The van der Waals surface area contributed by atoms with Gasteiger partial charge >= 0.3 is 46.1 Å². The van der Waals surface area contributed by atoms with E-state index in [4.69, 9.17) is 0 Å². The van der Waals surface area contributed by atoms with Gasteiger partial charge in [-0.05, 0) is 0 Å². The standard InChI is InChI=1S/4C2H4O2S.2Mg/c4*3-2(4)1-5;;/h4*5H,1H2,(H,3,4);;/q;;;;2*+2/p-4. The number of hydrogen-bond acceptors (Lipinski definition) is 12. The monoisotopic (exact) mass is 412 g/mol. The molecule has 0 aromatic rings. The fourth-order valence-electron chi connectivity index (χ4n) is 0. The Labute approximate surface area is 181 Å². The smallest absolute Gasteiger partial charge is 0.549 e. The van der Waals surface area contributed by atoms with Crippen molar-refractivity contribution < 1.29 is 39.6 Å². The molecule has 0 saturated heterocycles. The van der Waals surface area contributed by atoms with Gasteiger partial charge in [-0.3, -0.25) is 0 Å². The van der Waals surface area contributed by atoms with E-state index in [0.29, 0.717) is 0 Å². The first-order chi connectivity index (χ1) is 9.08. The van der Waals surface area contributed by atoms with Gasteiger partial charge in [0.1, 0.15) is 0 Å². The van der Waals surface area contributed by atoms with Crippen LogP contribution in [-0.4, -0.2) is 93.0 Å². The van der Waals surface area contributed by atoms with Crippen molar-refractivity contribution in [3.05, 3.63) is 0 Å². The molecule has 0 aliphatic carbocycles. The van der Waals surface area contributed by atoms with Crippen LogP contribution >= 0.6 is 50.5 Å². The quantitative estimate of drug-likeness (QED) is 0.262. The molecule has 8 nitrogen and oxygen atoms in total. The normalized spacial score (nSPS) is 6.73. The fourth-order valence-corrected chi connectivity index (χ4v) is 0. The second-order valence-corrected chi connectivity index (χ2v) is 3.39. The Kier molecular flexibility index (Phi) is 58.3. The van der Waals surface area contributed by atoms with E-state index in [1.165, 1.54) is 0 Å². The molecule has 0 aromatic carbocycles. The molecule has 0 fully saturated rings. The summed E-state index contributed by atoms with van der Waals surface area (Å²) < 4.78 is 0. The maximum Gasteiger partial charge on any atom is 2.00 e. The van der Waals surface area contributed by atoms with Gasteiger partial charge in [0.2, 0.25) is 0 Å². The van der Waals surface area contributed by atoms with Gasteiger partial charge < -0.3 is 39.6 Å². The molecule has 0 radical (unpaired) electrons. The average molecular weight is 413 g/mol. The van der Waals surface area contributed by atoms with Crippen LogP contribution in [0, 0.1) is 0 Å². The zero-order valence-electron chi connectivity index (χ0n) is 11.3. The van der Waals surface area contributed by atoms with Crippen LogP contribution in [0.3, 0.4) is 0 Å². The molecule has 22 heavy (non-hydrogen) atoms. The Morgan fingerprint density at radius 2 is 0.545 bits per heavy atom. The molecule has 0 aromatic heterocycles. The van der Waals surface area contributed by atoms with Crippen molar-refractivity contribution in [3.8, 4) is 0 Å². The zero-order chi connectivity index (χ0) is 17.1. The van der Waals surface area contributed by atoms with E-state index >= 15 is 0 Å². The van der Waals surface area contributed by atoms with Crippen molar-refractivity contribution in [1.29, 1.82) is 0 Å². The predicted octanol–water partition coefficient (Wildman–Crippen LogP) is -6.10. The van der Waals surface area contributed by atoms with Gasteiger partial charge in [-0.2, -0.15) is 50.5 Å². The van der Waals surface area contributed by atoms with Gasteiger partial charge in [0.05, 0.1) is 23.9 Å². The van der Waals surface area contributed by atoms with Gasteiger partial charge in [-0.1, -0.05) is 0 Å². The van der Waals surface area contributed by atoms with Crippen LogP contribution in [0.2, 0.25) is 0 Å². The summed E-state index contributed by atoms with van der Waals surface area (Å²) in [7, 11) is 0. The number of carboxylic acid groups (broad SMARTS) is 4. The molecular formula is C8H12Mg2O8S4. The number of rotatable bonds is 4. The van der Waals surface area contributed by atoms with E-state index < -0.39 is 23.9 Å². The van der Waals surface area contributed by atoms with Crippen LogP contribution in [-0.2, 0) is 19.2 Å². The maximum atomic E-state index is 9.18.